The van der Waals surface area contributed by atoms with E-state index >= 15 is 0 Å². The lowest BCUT2D eigenvalue weighted by Crippen LogP contribution is -2.03. The highest BCUT2D eigenvalue weighted by Gasteiger charge is 2.14. The number of rotatable bonds is 4. The van der Waals surface area contributed by atoms with Crippen LogP contribution in [0.25, 0.3) is 0 Å². The molecule has 0 aliphatic heterocycles. The van der Waals surface area contributed by atoms with Gasteiger partial charge in [0.25, 0.3) is 0 Å². The minimum Gasteiger partial charge on any atom is -0.480 e. The quantitative estimate of drug-likeness (QED) is 0.577. The SMILES string of the molecule is COc1csc(Cn2ncc([N+](=O)[O-])n2)n1. The Bertz CT molecular complexity index is 508. The van der Waals surface area contributed by atoms with Crippen molar-refractivity contribution in [2.24, 2.45) is 0 Å². The molecule has 2 heterocycles. The van der Waals surface area contributed by atoms with Crippen molar-refractivity contribution in [3.8, 4) is 5.88 Å². The topological polar surface area (TPSA) is 96.0 Å². The molecule has 2 aromatic heterocycles. The Kier molecular flexibility index (Phi) is 2.77. The maximum Gasteiger partial charge on any atom is 0.410 e. The van der Waals surface area contributed by atoms with E-state index in [0.29, 0.717) is 12.4 Å². The van der Waals surface area contributed by atoms with E-state index in [9.17, 15) is 10.1 Å². The van der Waals surface area contributed by atoms with Gasteiger partial charge in [0.2, 0.25) is 5.88 Å². The van der Waals surface area contributed by atoms with Crippen LogP contribution in [-0.2, 0) is 6.54 Å². The number of hydrogen-bond acceptors (Lipinski definition) is 7. The van der Waals surface area contributed by atoms with Crippen LogP contribution in [0.5, 0.6) is 5.88 Å². The van der Waals surface area contributed by atoms with Crippen molar-refractivity contribution in [3.05, 3.63) is 26.7 Å². The van der Waals surface area contributed by atoms with Crippen LogP contribution in [0, 0.1) is 10.1 Å². The van der Waals surface area contributed by atoms with Crippen molar-refractivity contribution in [2.45, 2.75) is 6.54 Å². The van der Waals surface area contributed by atoms with E-state index in [1.807, 2.05) is 0 Å². The lowest BCUT2D eigenvalue weighted by molar-refractivity contribution is -0.389. The van der Waals surface area contributed by atoms with Gasteiger partial charge in [-0.05, 0) is 4.92 Å². The van der Waals surface area contributed by atoms with Crippen molar-refractivity contribution < 1.29 is 9.66 Å². The largest absolute Gasteiger partial charge is 0.480 e. The van der Waals surface area contributed by atoms with E-state index in [-0.39, 0.29) is 5.82 Å². The third-order valence-corrected chi connectivity index (χ3v) is 2.54. The summed E-state index contributed by atoms with van der Waals surface area (Å²) >= 11 is 1.38. The standard InChI is InChI=1S/C7H7N5O3S/c1-15-6-4-16-7(9-6)3-11-8-2-5(10-11)12(13)14/h2,4H,3H2,1H3. The number of nitro groups is 1. The Morgan fingerprint density at radius 2 is 2.50 bits per heavy atom. The lowest BCUT2D eigenvalue weighted by Gasteiger charge is -1.90. The number of aromatic nitrogens is 4. The maximum absolute atomic E-state index is 10.4. The van der Waals surface area contributed by atoms with E-state index < -0.39 is 4.92 Å². The van der Waals surface area contributed by atoms with Gasteiger partial charge < -0.3 is 14.9 Å². The van der Waals surface area contributed by atoms with Crippen LogP contribution >= 0.6 is 11.3 Å². The summed E-state index contributed by atoms with van der Waals surface area (Å²) in [5.74, 6) is 0.241. The molecule has 0 spiro atoms. The smallest absolute Gasteiger partial charge is 0.410 e. The Hall–Kier alpha value is -2.03. The Morgan fingerprint density at radius 3 is 3.06 bits per heavy atom. The Balaban J connectivity index is 2.11. The molecular formula is C7H7N5O3S. The predicted octanol–water partition coefficient (Wildman–Crippen LogP) is 0.700. The number of methoxy groups -OCH3 is 1. The van der Waals surface area contributed by atoms with Gasteiger partial charge in [-0.3, -0.25) is 0 Å². The highest BCUT2D eigenvalue weighted by Crippen LogP contribution is 2.16. The fourth-order valence-corrected chi connectivity index (χ4v) is 1.75. The molecule has 0 atom stereocenters. The molecule has 0 amide bonds. The third kappa shape index (κ3) is 2.14. The average Bonchev–Trinajstić information content (AvgIpc) is 2.87. The van der Waals surface area contributed by atoms with E-state index in [1.165, 1.54) is 23.2 Å². The molecule has 8 nitrogen and oxygen atoms in total. The predicted molar refractivity (Wildman–Crippen MR) is 54.4 cm³/mol. The molecule has 0 aromatic carbocycles. The summed E-state index contributed by atoms with van der Waals surface area (Å²) in [6.07, 6.45) is 1.10. The Labute approximate surface area is 93.6 Å². The summed E-state index contributed by atoms with van der Waals surface area (Å²) in [6.45, 7) is 0.294. The molecule has 0 aliphatic rings. The summed E-state index contributed by atoms with van der Waals surface area (Å²) in [6, 6.07) is 0. The molecule has 0 unspecified atom stereocenters. The molecule has 0 fully saturated rings. The molecule has 0 saturated carbocycles. The molecule has 9 heteroatoms. The summed E-state index contributed by atoms with van der Waals surface area (Å²) in [4.78, 5) is 15.1. The molecule has 0 N–H and O–H groups in total. The normalized spacial score (nSPS) is 10.3. The zero-order valence-electron chi connectivity index (χ0n) is 8.23. The van der Waals surface area contributed by atoms with E-state index in [4.69, 9.17) is 4.74 Å². The zero-order chi connectivity index (χ0) is 11.5. The summed E-state index contributed by atoms with van der Waals surface area (Å²) < 4.78 is 4.92. The van der Waals surface area contributed by atoms with Gasteiger partial charge in [0.05, 0.1) is 17.6 Å². The Morgan fingerprint density at radius 1 is 1.69 bits per heavy atom. The van der Waals surface area contributed by atoms with Gasteiger partial charge in [-0.1, -0.05) is 4.80 Å². The van der Waals surface area contributed by atoms with Gasteiger partial charge in [0.15, 0.2) is 6.20 Å². The van der Waals surface area contributed by atoms with Crippen LogP contribution in [0.4, 0.5) is 5.82 Å². The first-order valence-electron chi connectivity index (χ1n) is 4.22. The highest BCUT2D eigenvalue weighted by atomic mass is 32.1. The van der Waals surface area contributed by atoms with E-state index in [2.05, 4.69) is 15.2 Å². The van der Waals surface area contributed by atoms with Crippen LogP contribution in [0.2, 0.25) is 0 Å². The van der Waals surface area contributed by atoms with Crippen molar-refractivity contribution in [3.63, 3.8) is 0 Å². The van der Waals surface area contributed by atoms with Crippen LogP contribution in [-0.4, -0.2) is 32.0 Å². The minimum absolute atomic E-state index is 0.275. The van der Waals surface area contributed by atoms with Crippen LogP contribution < -0.4 is 4.74 Å². The van der Waals surface area contributed by atoms with Gasteiger partial charge in [0, 0.05) is 0 Å². The monoisotopic (exact) mass is 241 g/mol. The van der Waals surface area contributed by atoms with Crippen molar-refractivity contribution in [2.75, 3.05) is 7.11 Å². The van der Waals surface area contributed by atoms with E-state index in [0.717, 1.165) is 11.2 Å². The number of hydrogen-bond donors (Lipinski definition) is 0. The number of ether oxygens (including phenoxy) is 1. The van der Waals surface area contributed by atoms with E-state index in [1.54, 1.807) is 5.38 Å². The molecular weight excluding hydrogens is 234 g/mol. The van der Waals surface area contributed by atoms with Gasteiger partial charge in [-0.25, -0.2) is 4.98 Å². The fourth-order valence-electron chi connectivity index (χ4n) is 1.03. The number of nitrogens with zero attached hydrogens (tertiary/aromatic N) is 5. The first-order chi connectivity index (χ1) is 7.69. The van der Waals surface area contributed by atoms with Crippen molar-refractivity contribution in [1.82, 2.24) is 20.0 Å². The summed E-state index contributed by atoms with van der Waals surface area (Å²) in [5.41, 5.74) is 0. The maximum atomic E-state index is 10.4. The molecule has 0 saturated heterocycles. The molecule has 2 aromatic rings. The molecule has 0 aliphatic carbocycles. The van der Waals surface area contributed by atoms with Gasteiger partial charge >= 0.3 is 5.82 Å². The first-order valence-corrected chi connectivity index (χ1v) is 5.10. The lowest BCUT2D eigenvalue weighted by atomic mass is 10.7. The summed E-state index contributed by atoms with van der Waals surface area (Å²) in [5, 5.41) is 20.3. The average molecular weight is 241 g/mol. The molecule has 0 radical (unpaired) electrons. The molecule has 0 bridgehead atoms. The molecule has 16 heavy (non-hydrogen) atoms. The third-order valence-electron chi connectivity index (χ3n) is 1.73. The van der Waals surface area contributed by atoms with Gasteiger partial charge in [-0.2, -0.15) is 0 Å². The summed E-state index contributed by atoms with van der Waals surface area (Å²) in [7, 11) is 1.52. The second-order valence-electron chi connectivity index (χ2n) is 2.77. The second kappa shape index (κ2) is 4.23. The van der Waals surface area contributed by atoms with Crippen LogP contribution in [0.1, 0.15) is 5.01 Å². The van der Waals surface area contributed by atoms with Crippen molar-refractivity contribution in [1.29, 1.82) is 0 Å². The second-order valence-corrected chi connectivity index (χ2v) is 3.72. The fraction of sp³-hybridized carbons (Fsp3) is 0.286. The van der Waals surface area contributed by atoms with Crippen LogP contribution in [0.3, 0.4) is 0 Å². The molecule has 2 rings (SSSR count). The highest BCUT2D eigenvalue weighted by molar-refractivity contribution is 7.09. The van der Waals surface area contributed by atoms with Gasteiger partial charge in [0.1, 0.15) is 11.6 Å². The van der Waals surface area contributed by atoms with Crippen LogP contribution in [0.15, 0.2) is 11.6 Å². The first kappa shape index (κ1) is 10.5. The minimum atomic E-state index is -0.591. The zero-order valence-corrected chi connectivity index (χ0v) is 9.05. The van der Waals surface area contributed by atoms with Gasteiger partial charge in [-0.15, -0.1) is 16.4 Å². The molecule has 84 valence electrons. The van der Waals surface area contributed by atoms with Crippen molar-refractivity contribution >= 4 is 17.2 Å². The number of thiazole rings is 1.